The summed E-state index contributed by atoms with van der Waals surface area (Å²) in [5.41, 5.74) is 0. The summed E-state index contributed by atoms with van der Waals surface area (Å²) in [7, 11) is -3.53. The van der Waals surface area contributed by atoms with Crippen LogP contribution in [0.15, 0.2) is 69.4 Å². The van der Waals surface area contributed by atoms with Crippen molar-refractivity contribution in [2.75, 3.05) is 13.1 Å². The van der Waals surface area contributed by atoms with E-state index >= 15 is 0 Å². The first-order valence-corrected chi connectivity index (χ1v) is 10.8. The topological polar surface area (TPSA) is 76.3 Å². The van der Waals surface area contributed by atoms with E-state index < -0.39 is 10.0 Å². The summed E-state index contributed by atoms with van der Waals surface area (Å²) in [4.78, 5) is 5.66. The van der Waals surface area contributed by atoms with Crippen molar-refractivity contribution in [2.45, 2.75) is 10.8 Å². The average Bonchev–Trinajstić information content (AvgIpc) is 3.31. The molecule has 0 atom stereocenters. The van der Waals surface area contributed by atoms with E-state index in [0.29, 0.717) is 29.7 Å². The molecule has 0 N–H and O–H groups in total. The number of hydrogen-bond donors (Lipinski definition) is 0. The Hall–Kier alpha value is -2.55. The van der Waals surface area contributed by atoms with Gasteiger partial charge in [-0.3, -0.25) is 0 Å². The molecule has 27 heavy (non-hydrogen) atoms. The van der Waals surface area contributed by atoms with Crippen LogP contribution in [0.3, 0.4) is 0 Å². The molecule has 8 heteroatoms. The molecule has 1 aliphatic rings. The monoisotopic (exact) mass is 397 g/mol. The Morgan fingerprint density at radius 1 is 1.04 bits per heavy atom. The van der Waals surface area contributed by atoms with Gasteiger partial charge in [-0.25, -0.2) is 8.42 Å². The van der Waals surface area contributed by atoms with Gasteiger partial charge in [-0.15, -0.1) is 11.3 Å². The maximum atomic E-state index is 12.9. The minimum Gasteiger partial charge on any atom is -0.339 e. The summed E-state index contributed by atoms with van der Waals surface area (Å²) in [6, 6.07) is 16.8. The number of rotatable bonds is 4. The fourth-order valence-corrected chi connectivity index (χ4v) is 5.39. The molecule has 136 valence electrons. The van der Waals surface area contributed by atoms with E-state index in [4.69, 9.17) is 4.52 Å². The van der Waals surface area contributed by atoms with Crippen LogP contribution >= 0.6 is 11.3 Å². The minimum atomic E-state index is -3.53. The molecule has 0 radical (unpaired) electrons. The van der Waals surface area contributed by atoms with Crippen molar-refractivity contribution in [2.24, 2.45) is 0 Å². The lowest BCUT2D eigenvalue weighted by Gasteiger charge is -2.35. The maximum absolute atomic E-state index is 12.9. The largest absolute Gasteiger partial charge is 0.339 e. The fraction of sp³-hybridized carbons (Fsp3) is 0.158. The normalized spacial score (nSPS) is 15.9. The van der Waals surface area contributed by atoms with Crippen LogP contribution in [0.2, 0.25) is 0 Å². The third-order valence-corrected chi connectivity index (χ3v) is 7.43. The summed E-state index contributed by atoms with van der Waals surface area (Å²) in [6.45, 7) is 0.697. The molecule has 2 aromatic heterocycles. The highest BCUT2D eigenvalue weighted by atomic mass is 32.2. The van der Waals surface area contributed by atoms with Crippen molar-refractivity contribution >= 4 is 32.1 Å². The number of nitrogens with zero attached hydrogens (tertiary/aromatic N) is 3. The summed E-state index contributed by atoms with van der Waals surface area (Å²) in [5.74, 6) is 0.973. The zero-order chi connectivity index (χ0) is 18.4. The highest BCUT2D eigenvalue weighted by Gasteiger charge is 2.40. The molecular weight excluding hydrogens is 382 g/mol. The van der Waals surface area contributed by atoms with Gasteiger partial charge in [0.05, 0.1) is 15.7 Å². The van der Waals surface area contributed by atoms with Crippen LogP contribution in [-0.2, 0) is 10.0 Å². The molecule has 0 saturated carbocycles. The standard InChI is InChI=1S/C19H15N3O3S2/c23-27(24,16-8-7-13-4-1-2-5-14(13)10-16)22-11-15(12-22)19-20-18(21-25-19)17-6-3-9-26-17/h1-10,15H,11-12H2. The van der Waals surface area contributed by atoms with Gasteiger partial charge in [0.1, 0.15) is 0 Å². The van der Waals surface area contributed by atoms with Gasteiger partial charge in [-0.05, 0) is 34.4 Å². The van der Waals surface area contributed by atoms with Crippen LogP contribution in [0, 0.1) is 0 Å². The second-order valence-electron chi connectivity index (χ2n) is 6.46. The lowest BCUT2D eigenvalue weighted by atomic mass is 10.0. The van der Waals surface area contributed by atoms with Gasteiger partial charge in [0.25, 0.3) is 0 Å². The van der Waals surface area contributed by atoms with Gasteiger partial charge in [-0.2, -0.15) is 9.29 Å². The molecule has 2 aromatic carbocycles. The summed E-state index contributed by atoms with van der Waals surface area (Å²) < 4.78 is 32.6. The number of sulfonamides is 1. The molecule has 0 unspecified atom stereocenters. The number of thiophene rings is 1. The molecule has 4 aromatic rings. The Balaban J connectivity index is 1.34. The van der Waals surface area contributed by atoms with Crippen LogP contribution in [0.25, 0.3) is 21.5 Å². The second kappa shape index (κ2) is 6.26. The number of hydrogen-bond acceptors (Lipinski definition) is 6. The van der Waals surface area contributed by atoms with Crippen molar-refractivity contribution in [3.63, 3.8) is 0 Å². The summed E-state index contributed by atoms with van der Waals surface area (Å²) in [5, 5.41) is 7.88. The van der Waals surface area contributed by atoms with E-state index in [9.17, 15) is 8.42 Å². The van der Waals surface area contributed by atoms with E-state index in [0.717, 1.165) is 15.6 Å². The fourth-order valence-electron chi connectivity index (χ4n) is 3.17. The first-order chi connectivity index (χ1) is 13.1. The maximum Gasteiger partial charge on any atom is 0.243 e. The number of fused-ring (bicyclic) bond motifs is 1. The van der Waals surface area contributed by atoms with Crippen LogP contribution < -0.4 is 0 Å². The molecule has 0 bridgehead atoms. The Bertz CT molecular complexity index is 1210. The minimum absolute atomic E-state index is 0.0681. The molecule has 0 amide bonds. The molecular formula is C19H15N3O3S2. The van der Waals surface area contributed by atoms with E-state index in [1.165, 1.54) is 15.6 Å². The quantitative estimate of drug-likeness (QED) is 0.524. The summed E-state index contributed by atoms with van der Waals surface area (Å²) in [6.07, 6.45) is 0. The average molecular weight is 397 g/mol. The zero-order valence-corrected chi connectivity index (χ0v) is 15.8. The van der Waals surface area contributed by atoms with E-state index in [1.807, 2.05) is 47.8 Å². The van der Waals surface area contributed by atoms with Crippen LogP contribution in [0.5, 0.6) is 0 Å². The molecule has 5 rings (SSSR count). The SMILES string of the molecule is O=S(=O)(c1ccc2ccccc2c1)N1CC(c2nc(-c3cccs3)no2)C1. The van der Waals surface area contributed by atoms with E-state index in [2.05, 4.69) is 10.1 Å². The first kappa shape index (κ1) is 16.6. The molecule has 3 heterocycles. The Labute approximate surface area is 160 Å². The molecule has 1 saturated heterocycles. The Kier molecular flexibility index (Phi) is 3.85. The third-order valence-electron chi connectivity index (χ3n) is 4.74. The third kappa shape index (κ3) is 2.86. The highest BCUT2D eigenvalue weighted by Crippen LogP contribution is 2.33. The van der Waals surface area contributed by atoms with Gasteiger partial charge in [0.15, 0.2) is 0 Å². The molecule has 1 fully saturated rings. The molecule has 0 aliphatic carbocycles. The van der Waals surface area contributed by atoms with Crippen LogP contribution in [-0.4, -0.2) is 36.0 Å². The predicted molar refractivity (Wildman–Crippen MR) is 103 cm³/mol. The smallest absolute Gasteiger partial charge is 0.243 e. The van der Waals surface area contributed by atoms with Crippen molar-refractivity contribution < 1.29 is 12.9 Å². The van der Waals surface area contributed by atoms with Crippen LogP contribution in [0.1, 0.15) is 11.8 Å². The van der Waals surface area contributed by atoms with Crippen molar-refractivity contribution in [1.82, 2.24) is 14.4 Å². The van der Waals surface area contributed by atoms with Gasteiger partial charge in [0.2, 0.25) is 21.7 Å². The zero-order valence-electron chi connectivity index (χ0n) is 14.1. The van der Waals surface area contributed by atoms with Crippen molar-refractivity contribution in [3.8, 4) is 10.7 Å². The van der Waals surface area contributed by atoms with E-state index in [1.54, 1.807) is 12.1 Å². The highest BCUT2D eigenvalue weighted by molar-refractivity contribution is 7.89. The number of benzene rings is 2. The lowest BCUT2D eigenvalue weighted by molar-refractivity contribution is 0.217. The van der Waals surface area contributed by atoms with Gasteiger partial charge in [0, 0.05) is 13.1 Å². The van der Waals surface area contributed by atoms with Gasteiger partial charge in [-0.1, -0.05) is 41.6 Å². The lowest BCUT2D eigenvalue weighted by Crippen LogP contribution is -2.48. The molecule has 0 spiro atoms. The molecule has 1 aliphatic heterocycles. The second-order valence-corrected chi connectivity index (χ2v) is 9.35. The van der Waals surface area contributed by atoms with Gasteiger partial charge < -0.3 is 4.52 Å². The number of aromatic nitrogens is 2. The predicted octanol–water partition coefficient (Wildman–Crippen LogP) is 3.74. The first-order valence-electron chi connectivity index (χ1n) is 8.48. The Morgan fingerprint density at radius 2 is 1.85 bits per heavy atom. The Morgan fingerprint density at radius 3 is 2.63 bits per heavy atom. The van der Waals surface area contributed by atoms with E-state index in [-0.39, 0.29) is 5.92 Å². The van der Waals surface area contributed by atoms with Crippen molar-refractivity contribution in [3.05, 3.63) is 65.9 Å². The summed E-state index contributed by atoms with van der Waals surface area (Å²) >= 11 is 1.54. The van der Waals surface area contributed by atoms with Crippen LogP contribution in [0.4, 0.5) is 0 Å². The molecule has 6 nitrogen and oxygen atoms in total. The van der Waals surface area contributed by atoms with Gasteiger partial charge >= 0.3 is 0 Å². The van der Waals surface area contributed by atoms with Crippen molar-refractivity contribution in [1.29, 1.82) is 0 Å².